The van der Waals surface area contributed by atoms with E-state index in [4.69, 9.17) is 10.0 Å². The van der Waals surface area contributed by atoms with Crippen molar-refractivity contribution < 1.29 is 10.0 Å². The van der Waals surface area contributed by atoms with E-state index in [1.54, 1.807) is 0 Å². The van der Waals surface area contributed by atoms with Crippen LogP contribution in [0.1, 0.15) is 25.3 Å². The lowest BCUT2D eigenvalue weighted by molar-refractivity contribution is 0.426. The highest BCUT2D eigenvalue weighted by Gasteiger charge is 2.20. The third kappa shape index (κ3) is 1.85. The van der Waals surface area contributed by atoms with Crippen molar-refractivity contribution in [2.24, 2.45) is 0 Å². The van der Waals surface area contributed by atoms with Gasteiger partial charge in [0.1, 0.15) is 0 Å². The first-order valence-corrected chi connectivity index (χ1v) is 5.03. The maximum absolute atomic E-state index is 8.92. The quantitative estimate of drug-likeness (QED) is 0.491. The lowest BCUT2D eigenvalue weighted by atomic mass is 9.88. The van der Waals surface area contributed by atoms with E-state index in [0.717, 1.165) is 5.56 Å². The fourth-order valence-electron chi connectivity index (χ4n) is 0.974. The molecule has 0 radical (unpaired) electrons. The first-order chi connectivity index (χ1) is 5.54. The summed E-state index contributed by atoms with van der Waals surface area (Å²) in [6.45, 7) is 4.10. The van der Waals surface area contributed by atoms with Gasteiger partial charge in [0.25, 0.3) is 0 Å². The number of thiol groups is 1. The van der Waals surface area contributed by atoms with Gasteiger partial charge < -0.3 is 10.0 Å². The number of thiophene rings is 1. The second kappa shape index (κ2) is 3.83. The third-order valence-electron chi connectivity index (χ3n) is 1.68. The maximum atomic E-state index is 8.92. The molecule has 0 bridgehead atoms. The Morgan fingerprint density at radius 2 is 2.08 bits per heavy atom. The van der Waals surface area contributed by atoms with Gasteiger partial charge in [-0.1, -0.05) is 13.8 Å². The Balaban J connectivity index is 3.04. The first kappa shape index (κ1) is 10.1. The van der Waals surface area contributed by atoms with Crippen molar-refractivity contribution in [1.82, 2.24) is 0 Å². The molecule has 1 aromatic heterocycles. The summed E-state index contributed by atoms with van der Waals surface area (Å²) in [5.41, 5.74) is 1.08. The minimum Gasteiger partial charge on any atom is -0.423 e. The molecule has 5 heteroatoms. The monoisotopic (exact) mass is 202 g/mol. The Morgan fingerprint density at radius 1 is 1.50 bits per heavy atom. The van der Waals surface area contributed by atoms with E-state index in [1.807, 2.05) is 5.38 Å². The lowest BCUT2D eigenvalue weighted by Crippen LogP contribution is -2.28. The van der Waals surface area contributed by atoms with Crippen LogP contribution in [0.5, 0.6) is 0 Å². The van der Waals surface area contributed by atoms with Gasteiger partial charge in [0.2, 0.25) is 0 Å². The molecular formula is C7H11BO2S2. The highest BCUT2D eigenvalue weighted by Crippen LogP contribution is 2.24. The van der Waals surface area contributed by atoms with E-state index in [0.29, 0.717) is 15.6 Å². The number of hydrogen-bond acceptors (Lipinski definition) is 4. The molecule has 1 aromatic rings. The van der Waals surface area contributed by atoms with E-state index in [2.05, 4.69) is 26.5 Å². The van der Waals surface area contributed by atoms with Crippen molar-refractivity contribution in [2.45, 2.75) is 24.7 Å². The summed E-state index contributed by atoms with van der Waals surface area (Å²) in [5.74, 6) is 0.376. The van der Waals surface area contributed by atoms with Crippen LogP contribution in [0.4, 0.5) is 0 Å². The fourth-order valence-corrected chi connectivity index (χ4v) is 2.65. The molecule has 0 aliphatic heterocycles. The van der Waals surface area contributed by atoms with Crippen molar-refractivity contribution >= 4 is 35.9 Å². The summed E-state index contributed by atoms with van der Waals surface area (Å²) in [6.07, 6.45) is 0. The zero-order valence-corrected chi connectivity index (χ0v) is 8.69. The predicted octanol–water partition coefficient (Wildman–Crippen LogP) is 0.840. The topological polar surface area (TPSA) is 40.5 Å². The molecular weight excluding hydrogens is 191 g/mol. The highest BCUT2D eigenvalue weighted by atomic mass is 32.1. The van der Waals surface area contributed by atoms with E-state index in [-0.39, 0.29) is 0 Å². The molecule has 0 saturated carbocycles. The molecule has 1 rings (SSSR count). The Hall–Kier alpha value is 0.0349. The molecule has 12 heavy (non-hydrogen) atoms. The van der Waals surface area contributed by atoms with Crippen LogP contribution in [0.3, 0.4) is 0 Å². The zero-order valence-electron chi connectivity index (χ0n) is 6.98. The van der Waals surface area contributed by atoms with Crippen LogP contribution in [-0.4, -0.2) is 17.2 Å². The molecule has 0 aromatic carbocycles. The minimum absolute atomic E-state index is 0.376. The van der Waals surface area contributed by atoms with Crippen LogP contribution in [-0.2, 0) is 0 Å². The van der Waals surface area contributed by atoms with Crippen LogP contribution in [0.2, 0.25) is 0 Å². The van der Waals surface area contributed by atoms with Crippen molar-refractivity contribution in [3.8, 4) is 0 Å². The molecule has 0 fully saturated rings. The van der Waals surface area contributed by atoms with Crippen molar-refractivity contribution in [2.75, 3.05) is 0 Å². The summed E-state index contributed by atoms with van der Waals surface area (Å²) in [4.78, 5) is 0.713. The summed E-state index contributed by atoms with van der Waals surface area (Å²) in [5, 5.41) is 19.8. The van der Waals surface area contributed by atoms with Gasteiger partial charge in [0, 0.05) is 9.67 Å². The second-order valence-corrected chi connectivity index (χ2v) is 4.29. The predicted molar refractivity (Wildman–Crippen MR) is 55.5 cm³/mol. The van der Waals surface area contributed by atoms with Crippen LogP contribution in [0.15, 0.2) is 10.3 Å². The summed E-state index contributed by atoms with van der Waals surface area (Å²) < 4.78 is 0.530. The average molecular weight is 202 g/mol. The van der Waals surface area contributed by atoms with Gasteiger partial charge in [-0.05, 0) is 16.9 Å². The molecule has 0 spiro atoms. The van der Waals surface area contributed by atoms with Gasteiger partial charge in [0.15, 0.2) is 0 Å². The normalized spacial score (nSPS) is 10.8. The van der Waals surface area contributed by atoms with Crippen molar-refractivity contribution in [3.05, 3.63) is 10.9 Å². The SMILES string of the molecule is CC(C)c1csc(B(O)O)c1S. The molecule has 0 saturated heterocycles. The molecule has 0 amide bonds. The van der Waals surface area contributed by atoms with Crippen LogP contribution in [0, 0.1) is 0 Å². The molecule has 0 aliphatic carbocycles. The van der Waals surface area contributed by atoms with Crippen molar-refractivity contribution in [1.29, 1.82) is 0 Å². The first-order valence-electron chi connectivity index (χ1n) is 3.70. The summed E-state index contributed by atoms with van der Waals surface area (Å²) >= 11 is 5.57. The molecule has 0 atom stereocenters. The standard InChI is InChI=1S/C7H11BO2S2/c1-4(2)5-3-12-7(6(5)11)8(9)10/h3-4,9-11H,1-2H3. The third-order valence-corrected chi connectivity index (χ3v) is 3.37. The number of rotatable bonds is 2. The Morgan fingerprint density at radius 3 is 2.33 bits per heavy atom. The van der Waals surface area contributed by atoms with E-state index >= 15 is 0 Å². The average Bonchev–Trinajstić information content (AvgIpc) is 2.30. The van der Waals surface area contributed by atoms with Gasteiger partial charge in [-0.25, -0.2) is 0 Å². The molecule has 0 aliphatic rings. The maximum Gasteiger partial charge on any atom is 0.500 e. The molecule has 1 heterocycles. The Bertz CT molecular complexity index is 245. The van der Waals surface area contributed by atoms with Crippen molar-refractivity contribution in [3.63, 3.8) is 0 Å². The second-order valence-electron chi connectivity index (χ2n) is 2.93. The van der Waals surface area contributed by atoms with Gasteiger partial charge in [-0.2, -0.15) is 11.3 Å². The molecule has 0 unspecified atom stereocenters. The molecule has 2 N–H and O–H groups in total. The Labute approximate surface area is 81.8 Å². The van der Waals surface area contributed by atoms with Gasteiger partial charge in [0.05, 0.1) is 0 Å². The zero-order chi connectivity index (χ0) is 9.30. The van der Waals surface area contributed by atoms with E-state index < -0.39 is 7.12 Å². The Kier molecular flexibility index (Phi) is 3.23. The summed E-state index contributed by atoms with van der Waals surface area (Å²) in [6, 6.07) is 0. The highest BCUT2D eigenvalue weighted by molar-refractivity contribution is 7.81. The smallest absolute Gasteiger partial charge is 0.423 e. The van der Waals surface area contributed by atoms with Gasteiger partial charge >= 0.3 is 7.12 Å². The van der Waals surface area contributed by atoms with E-state index in [1.165, 1.54) is 11.3 Å². The van der Waals surface area contributed by atoms with Crippen LogP contribution in [0.25, 0.3) is 0 Å². The minimum atomic E-state index is -1.39. The van der Waals surface area contributed by atoms with E-state index in [9.17, 15) is 0 Å². The van der Waals surface area contributed by atoms with Gasteiger partial charge in [-0.15, -0.1) is 12.6 Å². The van der Waals surface area contributed by atoms with Crippen LogP contribution < -0.4 is 4.78 Å². The van der Waals surface area contributed by atoms with Gasteiger partial charge in [-0.3, -0.25) is 0 Å². The fraction of sp³-hybridized carbons (Fsp3) is 0.429. The number of hydrogen-bond donors (Lipinski definition) is 3. The lowest BCUT2D eigenvalue weighted by Gasteiger charge is -2.03. The summed E-state index contributed by atoms with van der Waals surface area (Å²) in [7, 11) is -1.39. The molecule has 66 valence electrons. The largest absolute Gasteiger partial charge is 0.500 e. The molecule has 2 nitrogen and oxygen atoms in total. The van der Waals surface area contributed by atoms with Crippen LogP contribution >= 0.6 is 24.0 Å².